The molecule has 26 heavy (non-hydrogen) atoms. The van der Waals surface area contributed by atoms with E-state index in [2.05, 4.69) is 9.97 Å². The van der Waals surface area contributed by atoms with Crippen LogP contribution >= 0.6 is 35.0 Å². The number of imidazole rings is 1. The molecule has 3 rings (SSSR count). The number of hydrogen-bond acceptors (Lipinski definition) is 5. The van der Waals surface area contributed by atoms with Crippen LogP contribution < -0.4 is 4.74 Å². The molecule has 2 heterocycles. The van der Waals surface area contributed by atoms with E-state index in [0.29, 0.717) is 38.9 Å². The van der Waals surface area contributed by atoms with E-state index in [0.717, 1.165) is 11.0 Å². The molecule has 1 aromatic carbocycles. The minimum atomic E-state index is -0.826. The zero-order valence-electron chi connectivity index (χ0n) is 13.8. The van der Waals surface area contributed by atoms with E-state index < -0.39 is 5.97 Å². The molecule has 0 saturated heterocycles. The molecule has 0 aliphatic rings. The third-order valence-electron chi connectivity index (χ3n) is 3.65. The highest BCUT2D eigenvalue weighted by molar-refractivity contribution is 7.99. The minimum absolute atomic E-state index is 0.0832. The summed E-state index contributed by atoms with van der Waals surface area (Å²) in [6, 6.07) is 7.21. The van der Waals surface area contributed by atoms with Gasteiger partial charge in [-0.1, -0.05) is 23.2 Å². The molecule has 1 N–H and O–H groups in total. The smallest absolute Gasteiger partial charge is 0.303 e. The molecule has 6 nitrogen and oxygen atoms in total. The first kappa shape index (κ1) is 18.8. The summed E-state index contributed by atoms with van der Waals surface area (Å²) in [6.45, 7) is 0.517. The molecule has 0 saturated carbocycles. The van der Waals surface area contributed by atoms with Crippen molar-refractivity contribution in [3.63, 3.8) is 0 Å². The number of pyridine rings is 1. The number of carbonyl (C=O) groups is 1. The Morgan fingerprint density at radius 2 is 2.15 bits per heavy atom. The lowest BCUT2D eigenvalue weighted by Gasteiger charge is -2.09. The van der Waals surface area contributed by atoms with E-state index in [9.17, 15) is 4.79 Å². The fourth-order valence-corrected chi connectivity index (χ4v) is 3.83. The number of hydrogen-bond donors (Lipinski definition) is 1. The Kier molecular flexibility index (Phi) is 5.90. The zero-order valence-corrected chi connectivity index (χ0v) is 16.1. The molecule has 3 aromatic rings. The number of ether oxygens (including phenoxy) is 1. The van der Waals surface area contributed by atoms with Gasteiger partial charge < -0.3 is 14.4 Å². The van der Waals surface area contributed by atoms with Crippen molar-refractivity contribution in [2.45, 2.75) is 29.6 Å². The topological polar surface area (TPSA) is 77.2 Å². The van der Waals surface area contributed by atoms with Crippen LogP contribution in [0.15, 0.2) is 40.6 Å². The first-order chi connectivity index (χ1) is 12.5. The largest absolute Gasteiger partial charge is 0.497 e. The molecule has 0 bridgehead atoms. The van der Waals surface area contributed by atoms with Gasteiger partial charge in [-0.25, -0.2) is 9.97 Å². The summed E-state index contributed by atoms with van der Waals surface area (Å²) in [6.07, 6.45) is 2.10. The van der Waals surface area contributed by atoms with E-state index in [1.54, 1.807) is 13.2 Å². The van der Waals surface area contributed by atoms with Gasteiger partial charge in [-0.15, -0.1) is 0 Å². The summed E-state index contributed by atoms with van der Waals surface area (Å²) in [5.41, 5.74) is 1.65. The number of benzene rings is 1. The maximum absolute atomic E-state index is 10.8. The third-order valence-corrected chi connectivity index (χ3v) is 5.27. The summed E-state index contributed by atoms with van der Waals surface area (Å²) in [5, 5.41) is 11.1. The number of carboxylic acid groups (broad SMARTS) is 1. The fraction of sp³-hybridized carbons (Fsp3) is 0.235. The number of carboxylic acids is 1. The lowest BCUT2D eigenvalue weighted by molar-refractivity contribution is -0.137. The Balaban J connectivity index is 1.99. The van der Waals surface area contributed by atoms with Crippen LogP contribution in [0.1, 0.15) is 12.8 Å². The van der Waals surface area contributed by atoms with Crippen LogP contribution in [0.25, 0.3) is 11.0 Å². The predicted molar refractivity (Wildman–Crippen MR) is 102 cm³/mol. The summed E-state index contributed by atoms with van der Waals surface area (Å²) in [4.78, 5) is 19.7. The van der Waals surface area contributed by atoms with E-state index >= 15 is 0 Å². The average molecular weight is 412 g/mol. The molecule has 0 atom stereocenters. The lowest BCUT2D eigenvalue weighted by Crippen LogP contribution is -2.03. The number of nitrogens with zero attached hydrogens (tertiary/aromatic N) is 3. The van der Waals surface area contributed by atoms with Gasteiger partial charge in [0.2, 0.25) is 0 Å². The number of aromatic nitrogens is 3. The highest BCUT2D eigenvalue weighted by Gasteiger charge is 2.15. The second-order valence-electron chi connectivity index (χ2n) is 5.44. The van der Waals surface area contributed by atoms with E-state index in [-0.39, 0.29) is 6.42 Å². The third kappa shape index (κ3) is 4.23. The van der Waals surface area contributed by atoms with Gasteiger partial charge in [0.15, 0.2) is 5.16 Å². The number of fused-ring (bicyclic) bond motifs is 1. The monoisotopic (exact) mass is 411 g/mol. The maximum atomic E-state index is 10.8. The van der Waals surface area contributed by atoms with Gasteiger partial charge in [0.25, 0.3) is 0 Å². The Hall–Kier alpha value is -1.96. The SMILES string of the molecule is COc1ccc2c(c1)nc(Sc1ncc(Cl)cc1Cl)n2CCCC(=O)O. The number of aryl methyl sites for hydroxylation is 1. The predicted octanol–water partition coefficient (Wildman–Crippen LogP) is 4.76. The van der Waals surface area contributed by atoms with Gasteiger partial charge in [0.1, 0.15) is 10.8 Å². The van der Waals surface area contributed by atoms with Crippen LogP contribution in [0.5, 0.6) is 5.75 Å². The van der Waals surface area contributed by atoms with Crippen molar-refractivity contribution >= 4 is 52.0 Å². The second kappa shape index (κ2) is 8.16. The number of rotatable bonds is 7. The normalized spacial score (nSPS) is 11.0. The van der Waals surface area contributed by atoms with Crippen molar-refractivity contribution in [3.05, 3.63) is 40.5 Å². The Morgan fingerprint density at radius 1 is 1.35 bits per heavy atom. The van der Waals surface area contributed by atoms with Crippen LogP contribution in [0.2, 0.25) is 10.0 Å². The lowest BCUT2D eigenvalue weighted by atomic mass is 10.2. The van der Waals surface area contributed by atoms with Crippen LogP contribution in [0.3, 0.4) is 0 Å². The molecule has 2 aromatic heterocycles. The molecule has 136 valence electrons. The van der Waals surface area contributed by atoms with E-state index in [1.165, 1.54) is 18.0 Å². The van der Waals surface area contributed by atoms with Crippen molar-refractivity contribution in [3.8, 4) is 5.75 Å². The average Bonchev–Trinajstić information content (AvgIpc) is 2.93. The summed E-state index contributed by atoms with van der Waals surface area (Å²) in [7, 11) is 1.60. The van der Waals surface area contributed by atoms with Crippen LogP contribution in [0, 0.1) is 0 Å². The molecule has 0 amide bonds. The zero-order chi connectivity index (χ0) is 18.7. The molecule has 0 spiro atoms. The second-order valence-corrected chi connectivity index (χ2v) is 7.24. The molecule has 0 aliphatic carbocycles. The van der Waals surface area contributed by atoms with Crippen molar-refractivity contribution in [2.24, 2.45) is 0 Å². The summed E-state index contributed by atoms with van der Waals surface area (Å²) >= 11 is 13.4. The van der Waals surface area contributed by atoms with Crippen molar-refractivity contribution in [2.75, 3.05) is 7.11 Å². The van der Waals surface area contributed by atoms with Crippen molar-refractivity contribution in [1.82, 2.24) is 14.5 Å². The first-order valence-electron chi connectivity index (χ1n) is 7.73. The molecule has 0 unspecified atom stereocenters. The summed E-state index contributed by atoms with van der Waals surface area (Å²) in [5.74, 6) is -0.125. The number of halogens is 2. The van der Waals surface area contributed by atoms with Gasteiger partial charge in [-0.3, -0.25) is 4.79 Å². The van der Waals surface area contributed by atoms with Gasteiger partial charge in [0, 0.05) is 25.2 Å². The van der Waals surface area contributed by atoms with Gasteiger partial charge >= 0.3 is 5.97 Å². The van der Waals surface area contributed by atoms with Crippen LogP contribution in [0.4, 0.5) is 0 Å². The Bertz CT molecular complexity index is 962. The molecule has 0 fully saturated rings. The molecule has 9 heteroatoms. The van der Waals surface area contributed by atoms with Crippen molar-refractivity contribution < 1.29 is 14.6 Å². The van der Waals surface area contributed by atoms with Crippen LogP contribution in [-0.4, -0.2) is 32.7 Å². The van der Waals surface area contributed by atoms with Crippen LogP contribution in [-0.2, 0) is 11.3 Å². The van der Waals surface area contributed by atoms with E-state index in [4.69, 9.17) is 33.0 Å². The first-order valence-corrected chi connectivity index (χ1v) is 9.30. The molecule has 0 radical (unpaired) electrons. The van der Waals surface area contributed by atoms with Gasteiger partial charge in [0.05, 0.1) is 28.2 Å². The Labute approximate surface area is 164 Å². The quantitative estimate of drug-likeness (QED) is 0.603. The summed E-state index contributed by atoms with van der Waals surface area (Å²) < 4.78 is 7.22. The standard InChI is InChI=1S/C17H15Cl2N3O3S/c1-25-11-4-5-14-13(8-11)21-17(22(14)6-2-3-15(23)24)26-16-12(19)7-10(18)9-20-16/h4-5,7-9H,2-3,6H2,1H3,(H,23,24). The number of methoxy groups -OCH3 is 1. The maximum Gasteiger partial charge on any atom is 0.303 e. The van der Waals surface area contributed by atoms with Crippen molar-refractivity contribution in [1.29, 1.82) is 0 Å². The molecule has 0 aliphatic heterocycles. The van der Waals surface area contributed by atoms with Gasteiger partial charge in [-0.05, 0) is 36.4 Å². The molecular weight excluding hydrogens is 397 g/mol. The van der Waals surface area contributed by atoms with E-state index in [1.807, 2.05) is 22.8 Å². The Morgan fingerprint density at radius 3 is 2.85 bits per heavy atom. The fourth-order valence-electron chi connectivity index (χ4n) is 2.46. The molecular formula is C17H15Cl2N3O3S. The minimum Gasteiger partial charge on any atom is -0.497 e. The van der Waals surface area contributed by atoms with Gasteiger partial charge in [-0.2, -0.15) is 0 Å². The highest BCUT2D eigenvalue weighted by atomic mass is 35.5. The highest BCUT2D eigenvalue weighted by Crippen LogP contribution is 2.35. The number of aliphatic carboxylic acids is 1.